The zero-order valence-corrected chi connectivity index (χ0v) is 17.7. The molecule has 0 saturated heterocycles. The molecular formula is C19H23FN4O5S. The van der Waals surface area contributed by atoms with Crippen LogP contribution in [0.5, 0.6) is 0 Å². The molecule has 2 N–H and O–H groups in total. The molecule has 162 valence electrons. The van der Waals surface area contributed by atoms with Gasteiger partial charge in [0.25, 0.3) is 0 Å². The van der Waals surface area contributed by atoms with Crippen LogP contribution in [-0.2, 0) is 20.9 Å². The molecule has 9 nitrogen and oxygen atoms in total. The van der Waals surface area contributed by atoms with E-state index in [0.29, 0.717) is 0 Å². The summed E-state index contributed by atoms with van der Waals surface area (Å²) in [6, 6.07) is 5.69. The Labute approximate surface area is 176 Å². The Kier molecular flexibility index (Phi) is 7.71. The van der Waals surface area contributed by atoms with Gasteiger partial charge in [-0.2, -0.15) is 0 Å². The Balaban J connectivity index is 2.55. The van der Waals surface area contributed by atoms with Gasteiger partial charge in [-0.3, -0.25) is 10.1 Å². The van der Waals surface area contributed by atoms with Gasteiger partial charge in [-0.15, -0.1) is 4.72 Å². The molecule has 2 aromatic rings. The summed E-state index contributed by atoms with van der Waals surface area (Å²) in [5.41, 5.74) is -0.341. The SMILES string of the molecule is COC(=O)[C@@H](Nc1ncccc1[N+](=O)[O-])[C@H](N[S+]([O-])C(C)(C)C)c1ccccc1F. The summed E-state index contributed by atoms with van der Waals surface area (Å²) in [4.78, 5) is 27.2. The van der Waals surface area contributed by atoms with Crippen molar-refractivity contribution in [3.8, 4) is 0 Å². The molecule has 0 spiro atoms. The average Bonchev–Trinajstić information content (AvgIpc) is 2.69. The number of rotatable bonds is 8. The third-order valence-corrected chi connectivity index (χ3v) is 5.67. The van der Waals surface area contributed by atoms with E-state index >= 15 is 0 Å². The predicted octanol–water partition coefficient (Wildman–Crippen LogP) is 2.88. The van der Waals surface area contributed by atoms with Crippen LogP contribution in [0.4, 0.5) is 15.9 Å². The maximum absolute atomic E-state index is 14.6. The van der Waals surface area contributed by atoms with Crippen molar-refractivity contribution < 1.29 is 23.4 Å². The fraction of sp³-hybridized carbons (Fsp3) is 0.368. The number of carbonyl (C=O) groups is 1. The highest BCUT2D eigenvalue weighted by atomic mass is 32.2. The van der Waals surface area contributed by atoms with Crippen LogP contribution in [0.2, 0.25) is 0 Å². The number of benzene rings is 1. The van der Waals surface area contributed by atoms with Crippen molar-refractivity contribution in [1.82, 2.24) is 9.71 Å². The number of hydrogen-bond acceptors (Lipinski definition) is 8. The van der Waals surface area contributed by atoms with E-state index in [4.69, 9.17) is 4.74 Å². The minimum atomic E-state index is -1.71. The lowest BCUT2D eigenvalue weighted by Crippen LogP contribution is -2.49. The average molecular weight is 438 g/mol. The maximum Gasteiger partial charge on any atom is 0.330 e. The van der Waals surface area contributed by atoms with Gasteiger partial charge in [-0.25, -0.2) is 14.2 Å². The molecule has 2 rings (SSSR count). The van der Waals surface area contributed by atoms with Gasteiger partial charge in [-0.1, -0.05) is 18.2 Å². The van der Waals surface area contributed by atoms with Gasteiger partial charge in [-0.05, 0) is 32.9 Å². The van der Waals surface area contributed by atoms with Crippen molar-refractivity contribution in [3.05, 3.63) is 64.1 Å². The fourth-order valence-corrected chi connectivity index (χ4v) is 3.39. The molecule has 30 heavy (non-hydrogen) atoms. The molecule has 0 amide bonds. The van der Waals surface area contributed by atoms with E-state index in [2.05, 4.69) is 15.0 Å². The second-order valence-corrected chi connectivity index (χ2v) is 9.27. The number of methoxy groups -OCH3 is 1. The minimum Gasteiger partial charge on any atom is -0.598 e. The molecule has 0 radical (unpaired) electrons. The summed E-state index contributed by atoms with van der Waals surface area (Å²) < 4.78 is 34.3. The molecule has 11 heteroatoms. The highest BCUT2D eigenvalue weighted by molar-refractivity contribution is 7.90. The molecule has 0 aliphatic carbocycles. The zero-order chi connectivity index (χ0) is 22.5. The number of esters is 1. The molecule has 1 unspecified atom stereocenters. The van der Waals surface area contributed by atoms with Crippen molar-refractivity contribution in [2.75, 3.05) is 12.4 Å². The largest absolute Gasteiger partial charge is 0.598 e. The van der Waals surface area contributed by atoms with Gasteiger partial charge in [0.05, 0.1) is 12.0 Å². The van der Waals surface area contributed by atoms with E-state index in [9.17, 15) is 23.9 Å². The summed E-state index contributed by atoms with van der Waals surface area (Å²) in [5, 5.41) is 14.0. The van der Waals surface area contributed by atoms with E-state index in [1.54, 1.807) is 26.8 Å². The van der Waals surface area contributed by atoms with Gasteiger partial charge in [0.2, 0.25) is 5.82 Å². The molecule has 3 atom stereocenters. The number of halogens is 1. The van der Waals surface area contributed by atoms with Gasteiger partial charge in [0.15, 0.2) is 6.04 Å². The zero-order valence-electron chi connectivity index (χ0n) is 16.9. The van der Waals surface area contributed by atoms with Crippen LogP contribution >= 0.6 is 0 Å². The maximum atomic E-state index is 14.6. The van der Waals surface area contributed by atoms with Gasteiger partial charge in [0.1, 0.15) is 16.6 Å². The molecule has 1 aromatic heterocycles. The molecule has 1 aromatic carbocycles. The van der Waals surface area contributed by atoms with Crippen LogP contribution in [0.15, 0.2) is 42.6 Å². The van der Waals surface area contributed by atoms with Crippen LogP contribution in [-0.4, -0.2) is 38.3 Å². The minimum absolute atomic E-state index is 0.0385. The Morgan fingerprint density at radius 3 is 2.50 bits per heavy atom. The molecule has 0 aliphatic rings. The second kappa shape index (κ2) is 9.83. The standard InChI is InChI=1S/C19H23FN4O5S/c1-19(2,3)30(28)23-15(12-8-5-6-9-13(12)20)16(18(25)29-4)22-17-14(24(26)27)10-7-11-21-17/h5-11,15-16,23H,1-4H3,(H,21,22)/t15-,16+,30?/m1/s1. The van der Waals surface area contributed by atoms with Gasteiger partial charge >= 0.3 is 11.7 Å². The lowest BCUT2D eigenvalue weighted by molar-refractivity contribution is -0.384. The van der Waals surface area contributed by atoms with Crippen LogP contribution in [0, 0.1) is 15.9 Å². The number of anilines is 1. The van der Waals surface area contributed by atoms with Crippen LogP contribution in [0.3, 0.4) is 0 Å². The first kappa shape index (κ1) is 23.5. The number of nitro groups is 1. The summed E-state index contributed by atoms with van der Waals surface area (Å²) in [6.07, 6.45) is 1.31. The first-order valence-corrected chi connectivity index (χ1v) is 10.1. The number of pyridine rings is 1. The lowest BCUT2D eigenvalue weighted by atomic mass is 9.99. The number of hydrogen-bond donors (Lipinski definition) is 2. The van der Waals surface area contributed by atoms with E-state index in [0.717, 1.165) is 7.11 Å². The Bertz CT molecular complexity index is 908. The Hall–Kier alpha value is -2.76. The third kappa shape index (κ3) is 5.65. The first-order valence-electron chi connectivity index (χ1n) is 8.92. The van der Waals surface area contributed by atoms with E-state index in [1.807, 2.05) is 0 Å². The summed E-state index contributed by atoms with van der Waals surface area (Å²) in [7, 11) is 1.13. The monoisotopic (exact) mass is 438 g/mol. The highest BCUT2D eigenvalue weighted by Crippen LogP contribution is 2.29. The molecule has 0 saturated carbocycles. The molecule has 1 heterocycles. The quantitative estimate of drug-likeness (QED) is 0.279. The van der Waals surface area contributed by atoms with Crippen molar-refractivity contribution in [2.45, 2.75) is 37.6 Å². The Morgan fingerprint density at radius 2 is 1.93 bits per heavy atom. The molecular weight excluding hydrogens is 415 g/mol. The number of nitrogens with zero attached hydrogens (tertiary/aromatic N) is 2. The fourth-order valence-electron chi connectivity index (χ4n) is 2.54. The predicted molar refractivity (Wildman–Crippen MR) is 110 cm³/mol. The normalized spacial score (nSPS) is 14.5. The molecule has 0 fully saturated rings. The highest BCUT2D eigenvalue weighted by Gasteiger charge is 2.39. The Morgan fingerprint density at radius 1 is 1.27 bits per heavy atom. The first-order chi connectivity index (χ1) is 14.1. The third-order valence-electron chi connectivity index (χ3n) is 4.09. The number of nitrogens with one attached hydrogen (secondary N) is 2. The number of aromatic nitrogens is 1. The molecule has 0 bridgehead atoms. The van der Waals surface area contributed by atoms with Crippen LogP contribution in [0.1, 0.15) is 32.4 Å². The van der Waals surface area contributed by atoms with E-state index < -0.39 is 44.9 Å². The smallest absolute Gasteiger partial charge is 0.330 e. The van der Waals surface area contributed by atoms with Crippen molar-refractivity contribution >= 4 is 28.8 Å². The van der Waals surface area contributed by atoms with E-state index in [1.165, 1.54) is 36.5 Å². The van der Waals surface area contributed by atoms with Crippen LogP contribution in [0.25, 0.3) is 0 Å². The van der Waals surface area contributed by atoms with Crippen molar-refractivity contribution in [2.24, 2.45) is 0 Å². The summed E-state index contributed by atoms with van der Waals surface area (Å²) in [5.74, 6) is -1.70. The summed E-state index contributed by atoms with van der Waals surface area (Å²) in [6.45, 7) is 5.12. The van der Waals surface area contributed by atoms with Gasteiger partial charge < -0.3 is 14.6 Å². The van der Waals surface area contributed by atoms with E-state index in [-0.39, 0.29) is 17.1 Å². The lowest BCUT2D eigenvalue weighted by Gasteiger charge is -2.32. The second-order valence-electron chi connectivity index (χ2n) is 7.27. The number of carbonyl (C=O) groups excluding carboxylic acids is 1. The summed E-state index contributed by atoms with van der Waals surface area (Å²) >= 11 is -1.71. The topological polar surface area (TPSA) is 129 Å². The van der Waals surface area contributed by atoms with Gasteiger partial charge in [0, 0.05) is 29.2 Å². The van der Waals surface area contributed by atoms with Crippen LogP contribution < -0.4 is 10.0 Å². The molecule has 0 aliphatic heterocycles. The number of ether oxygens (including phenoxy) is 1. The van der Waals surface area contributed by atoms with Crippen molar-refractivity contribution in [3.63, 3.8) is 0 Å². The van der Waals surface area contributed by atoms with Crippen molar-refractivity contribution in [1.29, 1.82) is 0 Å².